The van der Waals surface area contributed by atoms with Crippen molar-refractivity contribution in [3.63, 3.8) is 0 Å². The van der Waals surface area contributed by atoms with Crippen molar-refractivity contribution in [3.8, 4) is 0 Å². The molecule has 1 aromatic rings. The summed E-state index contributed by atoms with van der Waals surface area (Å²) in [4.78, 5) is 37.5. The van der Waals surface area contributed by atoms with Gasteiger partial charge in [-0.2, -0.15) is 0 Å². The van der Waals surface area contributed by atoms with Crippen LogP contribution in [0.15, 0.2) is 12.1 Å². The number of carbonyl (C=O) groups excluding carboxylic acids is 2. The molecule has 0 spiro atoms. The van der Waals surface area contributed by atoms with Crippen LogP contribution in [0.2, 0.25) is 5.15 Å². The number of nitrogens with zero attached hydrogens (tertiary/aromatic N) is 1. The molecule has 8 heteroatoms. The number of hydrogen-bond donors (Lipinski definition) is 3. The van der Waals surface area contributed by atoms with E-state index < -0.39 is 17.9 Å². The maximum Gasteiger partial charge on any atom is 0.339 e. The van der Waals surface area contributed by atoms with E-state index in [-0.39, 0.29) is 35.3 Å². The lowest BCUT2D eigenvalue weighted by molar-refractivity contribution is -0.133. The molecule has 1 aromatic heterocycles. The van der Waals surface area contributed by atoms with Crippen molar-refractivity contribution in [2.45, 2.75) is 18.9 Å². The molecule has 0 saturated carbocycles. The second-order valence-electron chi connectivity index (χ2n) is 3.98. The Morgan fingerprint density at radius 1 is 1.47 bits per heavy atom. The van der Waals surface area contributed by atoms with Crippen LogP contribution in [0.25, 0.3) is 0 Å². The first kappa shape index (κ1) is 13.3. The van der Waals surface area contributed by atoms with E-state index in [0.717, 1.165) is 0 Å². The monoisotopic (exact) mass is 283 g/mol. The van der Waals surface area contributed by atoms with Crippen molar-refractivity contribution >= 4 is 35.2 Å². The second kappa shape index (κ2) is 5.23. The zero-order valence-corrected chi connectivity index (χ0v) is 10.4. The van der Waals surface area contributed by atoms with Gasteiger partial charge in [0.05, 0.1) is 0 Å². The van der Waals surface area contributed by atoms with Gasteiger partial charge in [0.2, 0.25) is 11.8 Å². The Morgan fingerprint density at radius 2 is 2.21 bits per heavy atom. The summed E-state index contributed by atoms with van der Waals surface area (Å²) in [5, 5.41) is 14.0. The Hall–Kier alpha value is -2.15. The molecule has 1 fully saturated rings. The average molecular weight is 284 g/mol. The van der Waals surface area contributed by atoms with E-state index >= 15 is 0 Å². The SMILES string of the molecule is O=C1CCC(Nc2nc(Cl)ccc2C(=O)O)C(=O)N1. The van der Waals surface area contributed by atoms with Gasteiger partial charge in [-0.25, -0.2) is 9.78 Å². The number of halogens is 1. The first-order valence-corrected chi connectivity index (χ1v) is 5.85. The van der Waals surface area contributed by atoms with Gasteiger partial charge in [-0.15, -0.1) is 0 Å². The molecule has 100 valence electrons. The van der Waals surface area contributed by atoms with Crippen molar-refractivity contribution in [2.75, 3.05) is 5.32 Å². The number of carboxylic acids is 1. The highest BCUT2D eigenvalue weighted by Crippen LogP contribution is 2.19. The molecule has 1 saturated heterocycles. The maximum atomic E-state index is 11.6. The van der Waals surface area contributed by atoms with Crippen molar-refractivity contribution in [1.82, 2.24) is 10.3 Å². The van der Waals surface area contributed by atoms with Crippen LogP contribution in [-0.4, -0.2) is 33.9 Å². The Kier molecular flexibility index (Phi) is 3.66. The third kappa shape index (κ3) is 3.00. The predicted octanol–water partition coefficient (Wildman–Crippen LogP) is 0.650. The van der Waals surface area contributed by atoms with Crippen LogP contribution in [0.3, 0.4) is 0 Å². The molecule has 1 unspecified atom stereocenters. The summed E-state index contributed by atoms with van der Waals surface area (Å²) >= 11 is 5.70. The van der Waals surface area contributed by atoms with E-state index in [1.807, 2.05) is 0 Å². The van der Waals surface area contributed by atoms with Gasteiger partial charge in [0, 0.05) is 6.42 Å². The molecule has 1 aliphatic rings. The van der Waals surface area contributed by atoms with Gasteiger partial charge >= 0.3 is 5.97 Å². The fourth-order valence-corrected chi connectivity index (χ4v) is 1.86. The minimum Gasteiger partial charge on any atom is -0.478 e. The van der Waals surface area contributed by atoms with Crippen LogP contribution in [-0.2, 0) is 9.59 Å². The number of carbonyl (C=O) groups is 3. The fourth-order valence-electron chi connectivity index (χ4n) is 1.71. The normalized spacial score (nSPS) is 18.9. The number of piperidine rings is 1. The van der Waals surface area contributed by atoms with Gasteiger partial charge in [-0.3, -0.25) is 14.9 Å². The summed E-state index contributed by atoms with van der Waals surface area (Å²) in [5.41, 5.74) is -0.0888. The summed E-state index contributed by atoms with van der Waals surface area (Å²) in [6, 6.07) is 1.94. The van der Waals surface area contributed by atoms with Crippen molar-refractivity contribution in [2.24, 2.45) is 0 Å². The minimum atomic E-state index is -1.18. The topological polar surface area (TPSA) is 108 Å². The summed E-state index contributed by atoms with van der Waals surface area (Å²) in [6.07, 6.45) is 0.463. The Balaban J connectivity index is 2.23. The number of anilines is 1. The summed E-state index contributed by atoms with van der Waals surface area (Å²) in [6.45, 7) is 0. The Labute approximate surface area is 113 Å². The van der Waals surface area contributed by atoms with E-state index in [0.29, 0.717) is 0 Å². The number of nitrogens with one attached hydrogen (secondary N) is 2. The van der Waals surface area contributed by atoms with Crippen LogP contribution < -0.4 is 10.6 Å². The molecule has 0 bridgehead atoms. The summed E-state index contributed by atoms with van der Waals surface area (Å²) in [5.74, 6) is -2.02. The van der Waals surface area contributed by atoms with Crippen LogP contribution in [0.4, 0.5) is 5.82 Å². The molecule has 2 amide bonds. The van der Waals surface area contributed by atoms with Crippen LogP contribution in [0, 0.1) is 0 Å². The van der Waals surface area contributed by atoms with Gasteiger partial charge < -0.3 is 10.4 Å². The van der Waals surface area contributed by atoms with Gasteiger partial charge in [0.15, 0.2) is 0 Å². The third-order valence-corrected chi connectivity index (χ3v) is 2.85. The zero-order chi connectivity index (χ0) is 14.0. The third-order valence-electron chi connectivity index (χ3n) is 2.64. The molecule has 7 nitrogen and oxygen atoms in total. The lowest BCUT2D eigenvalue weighted by Crippen LogP contribution is -2.47. The van der Waals surface area contributed by atoms with Gasteiger partial charge in [-0.1, -0.05) is 11.6 Å². The summed E-state index contributed by atoms with van der Waals surface area (Å²) < 4.78 is 0. The predicted molar refractivity (Wildman–Crippen MR) is 66.0 cm³/mol. The number of aromatic nitrogens is 1. The minimum absolute atomic E-state index is 0.00880. The highest BCUT2D eigenvalue weighted by molar-refractivity contribution is 6.29. The van der Waals surface area contributed by atoms with E-state index in [9.17, 15) is 14.4 Å². The first-order valence-electron chi connectivity index (χ1n) is 5.47. The number of aromatic carboxylic acids is 1. The molecular formula is C11H10ClN3O4. The molecule has 0 aromatic carbocycles. The molecule has 1 aliphatic heterocycles. The quantitative estimate of drug-likeness (QED) is 0.555. The molecule has 19 heavy (non-hydrogen) atoms. The number of rotatable bonds is 3. The molecule has 0 radical (unpaired) electrons. The number of pyridine rings is 1. The number of amides is 2. The highest BCUT2D eigenvalue weighted by atomic mass is 35.5. The van der Waals surface area contributed by atoms with Gasteiger partial charge in [-0.05, 0) is 18.6 Å². The van der Waals surface area contributed by atoms with Crippen LogP contribution in [0.5, 0.6) is 0 Å². The van der Waals surface area contributed by atoms with Crippen molar-refractivity contribution in [3.05, 3.63) is 22.8 Å². The van der Waals surface area contributed by atoms with Crippen LogP contribution >= 0.6 is 11.6 Å². The highest BCUT2D eigenvalue weighted by Gasteiger charge is 2.28. The molecule has 3 N–H and O–H groups in total. The van der Waals surface area contributed by atoms with Crippen molar-refractivity contribution in [1.29, 1.82) is 0 Å². The lowest BCUT2D eigenvalue weighted by atomic mass is 10.1. The average Bonchev–Trinajstić information content (AvgIpc) is 2.32. The zero-order valence-electron chi connectivity index (χ0n) is 9.64. The smallest absolute Gasteiger partial charge is 0.339 e. The van der Waals surface area contributed by atoms with E-state index in [1.54, 1.807) is 0 Å². The maximum absolute atomic E-state index is 11.6. The van der Waals surface area contributed by atoms with E-state index in [2.05, 4.69) is 15.6 Å². The second-order valence-corrected chi connectivity index (χ2v) is 4.37. The van der Waals surface area contributed by atoms with Crippen molar-refractivity contribution < 1.29 is 19.5 Å². The van der Waals surface area contributed by atoms with Crippen LogP contribution in [0.1, 0.15) is 23.2 Å². The lowest BCUT2D eigenvalue weighted by Gasteiger charge is -2.22. The van der Waals surface area contributed by atoms with E-state index in [4.69, 9.17) is 16.7 Å². The number of imide groups is 1. The standard InChI is InChI=1S/C11H10ClN3O4/c12-7-3-1-5(11(18)19)9(14-7)13-6-2-4-8(16)15-10(6)17/h1,3,6H,2,4H2,(H,13,14)(H,18,19)(H,15,16,17). The first-order chi connectivity index (χ1) is 8.97. The molecular weight excluding hydrogens is 274 g/mol. The van der Waals surface area contributed by atoms with Gasteiger partial charge in [0.1, 0.15) is 22.6 Å². The number of carboxylic acid groups (broad SMARTS) is 1. The molecule has 0 aliphatic carbocycles. The Morgan fingerprint density at radius 3 is 2.84 bits per heavy atom. The Bertz CT molecular complexity index is 561. The molecule has 2 rings (SSSR count). The fraction of sp³-hybridized carbons (Fsp3) is 0.273. The molecule has 2 heterocycles. The number of hydrogen-bond acceptors (Lipinski definition) is 5. The summed E-state index contributed by atoms with van der Waals surface area (Å²) in [7, 11) is 0. The van der Waals surface area contributed by atoms with E-state index in [1.165, 1.54) is 12.1 Å². The largest absolute Gasteiger partial charge is 0.478 e. The van der Waals surface area contributed by atoms with Gasteiger partial charge in [0.25, 0.3) is 0 Å². The molecule has 1 atom stereocenters.